The van der Waals surface area contributed by atoms with Crippen LogP contribution < -0.4 is 4.74 Å². The summed E-state index contributed by atoms with van der Waals surface area (Å²) in [7, 11) is 3.44. The first-order valence-corrected chi connectivity index (χ1v) is 10.4. The predicted octanol–water partition coefficient (Wildman–Crippen LogP) is 4.91. The Morgan fingerprint density at radius 2 is 1.90 bits per heavy atom. The predicted molar refractivity (Wildman–Crippen MR) is 119 cm³/mol. The van der Waals surface area contributed by atoms with Gasteiger partial charge in [0.1, 0.15) is 5.75 Å². The fourth-order valence-corrected chi connectivity index (χ4v) is 4.84. The summed E-state index contributed by atoms with van der Waals surface area (Å²) in [5.74, 6) is 1.32. The van der Waals surface area contributed by atoms with E-state index in [1.165, 1.54) is 47.5 Å². The Hall–Kier alpha value is -2.04. The van der Waals surface area contributed by atoms with Gasteiger partial charge in [-0.1, -0.05) is 42.5 Å². The van der Waals surface area contributed by atoms with Crippen molar-refractivity contribution >= 4 is 18.5 Å². The van der Waals surface area contributed by atoms with Crippen LogP contribution in [0.1, 0.15) is 41.9 Å². The number of hydrogen-bond acceptors (Lipinski definition) is 3. The number of halogens is 1. The van der Waals surface area contributed by atoms with Crippen LogP contribution in [-0.2, 0) is 12.8 Å². The first-order valence-electron chi connectivity index (χ1n) is 10.4. The molecule has 2 aromatic rings. The molecule has 0 unspecified atom stereocenters. The van der Waals surface area contributed by atoms with Crippen LogP contribution in [-0.4, -0.2) is 49.1 Å². The van der Waals surface area contributed by atoms with Gasteiger partial charge in [-0.15, -0.1) is 12.4 Å². The Morgan fingerprint density at radius 3 is 2.66 bits per heavy atom. The van der Waals surface area contributed by atoms with Gasteiger partial charge in [-0.2, -0.15) is 0 Å². The molecule has 156 valence electrons. The molecule has 1 heterocycles. The summed E-state index contributed by atoms with van der Waals surface area (Å²) in [6, 6.07) is 17.6. The molecule has 1 amide bonds. The molecule has 0 bridgehead atoms. The van der Waals surface area contributed by atoms with Crippen LogP contribution in [0.3, 0.4) is 0 Å². The first kappa shape index (κ1) is 21.7. The standard InChI is InChI=1S/C24H30N2O2.ClH/c1-25(2)24(27)28-23-12-6-11-19-20-15-17-26(22(20)14-13-21(19)23)16-7-10-18-8-4-3-5-9-18;/h3-6,8-9,11-12,20,22H,7,10,13-17H2,1-2H3;1H/t20-,22+;/m1./s1. The van der Waals surface area contributed by atoms with Crippen LogP contribution >= 0.6 is 12.4 Å². The number of nitrogens with zero attached hydrogens (tertiary/aromatic N) is 2. The van der Waals surface area contributed by atoms with Crippen molar-refractivity contribution in [1.82, 2.24) is 9.80 Å². The maximum absolute atomic E-state index is 12.0. The van der Waals surface area contributed by atoms with Crippen molar-refractivity contribution in [3.63, 3.8) is 0 Å². The van der Waals surface area contributed by atoms with Gasteiger partial charge in [0.15, 0.2) is 0 Å². The highest BCUT2D eigenvalue weighted by Crippen LogP contribution is 2.44. The van der Waals surface area contributed by atoms with Crippen molar-refractivity contribution in [3.8, 4) is 5.75 Å². The van der Waals surface area contributed by atoms with Crippen LogP contribution in [0, 0.1) is 0 Å². The third-order valence-corrected chi connectivity index (χ3v) is 6.24. The van der Waals surface area contributed by atoms with Gasteiger partial charge < -0.3 is 9.64 Å². The highest BCUT2D eigenvalue weighted by atomic mass is 35.5. The van der Waals surface area contributed by atoms with Gasteiger partial charge in [0.2, 0.25) is 0 Å². The van der Waals surface area contributed by atoms with Gasteiger partial charge in [-0.05, 0) is 68.0 Å². The first-order chi connectivity index (χ1) is 13.6. The lowest BCUT2D eigenvalue weighted by atomic mass is 9.79. The van der Waals surface area contributed by atoms with Gasteiger partial charge in [0.25, 0.3) is 0 Å². The lowest BCUT2D eigenvalue weighted by Gasteiger charge is -2.34. The number of amides is 1. The Kier molecular flexibility index (Phi) is 7.20. The third-order valence-electron chi connectivity index (χ3n) is 6.24. The molecule has 0 saturated carbocycles. The molecule has 5 heteroatoms. The van der Waals surface area contributed by atoms with E-state index in [4.69, 9.17) is 4.74 Å². The van der Waals surface area contributed by atoms with E-state index in [2.05, 4.69) is 41.3 Å². The minimum atomic E-state index is -0.301. The summed E-state index contributed by atoms with van der Waals surface area (Å²) in [5, 5.41) is 0. The average Bonchev–Trinajstić information content (AvgIpc) is 3.12. The minimum absolute atomic E-state index is 0. The monoisotopic (exact) mass is 414 g/mol. The Labute approximate surface area is 180 Å². The van der Waals surface area contributed by atoms with Crippen LogP contribution in [0.4, 0.5) is 4.79 Å². The van der Waals surface area contributed by atoms with Gasteiger partial charge in [-0.25, -0.2) is 4.79 Å². The molecule has 2 atom stereocenters. The van der Waals surface area contributed by atoms with Crippen molar-refractivity contribution in [2.45, 2.75) is 44.1 Å². The molecular formula is C24H31ClN2O2. The number of rotatable bonds is 5. The number of hydrogen-bond donors (Lipinski definition) is 0. The quantitative estimate of drug-likeness (QED) is 0.697. The molecule has 2 aromatic carbocycles. The molecule has 1 fully saturated rings. The molecule has 1 saturated heterocycles. The van der Waals surface area contributed by atoms with Crippen LogP contribution in [0.5, 0.6) is 5.75 Å². The molecule has 4 nitrogen and oxygen atoms in total. The zero-order valence-electron chi connectivity index (χ0n) is 17.3. The molecule has 1 aliphatic carbocycles. The van der Waals surface area contributed by atoms with Crippen molar-refractivity contribution in [1.29, 1.82) is 0 Å². The highest BCUT2D eigenvalue weighted by molar-refractivity contribution is 5.85. The fourth-order valence-electron chi connectivity index (χ4n) is 4.84. The van der Waals surface area contributed by atoms with Crippen LogP contribution in [0.25, 0.3) is 0 Å². The number of likely N-dealkylation sites (tertiary alicyclic amines) is 1. The molecule has 29 heavy (non-hydrogen) atoms. The third kappa shape index (κ3) is 4.76. The summed E-state index contributed by atoms with van der Waals surface area (Å²) in [4.78, 5) is 16.2. The number of benzene rings is 2. The van der Waals surface area contributed by atoms with E-state index in [-0.39, 0.29) is 18.5 Å². The number of carbonyl (C=O) groups is 1. The van der Waals surface area contributed by atoms with Gasteiger partial charge >= 0.3 is 6.09 Å². The van der Waals surface area contributed by atoms with E-state index in [9.17, 15) is 4.79 Å². The molecular weight excluding hydrogens is 384 g/mol. The fraction of sp³-hybridized carbons (Fsp3) is 0.458. The highest BCUT2D eigenvalue weighted by Gasteiger charge is 2.39. The van der Waals surface area contributed by atoms with E-state index >= 15 is 0 Å². The molecule has 2 aliphatic rings. The Bertz CT molecular complexity index is 825. The van der Waals surface area contributed by atoms with Crippen molar-refractivity contribution in [3.05, 3.63) is 65.2 Å². The summed E-state index contributed by atoms with van der Waals surface area (Å²) < 4.78 is 5.64. The molecule has 0 N–H and O–H groups in total. The summed E-state index contributed by atoms with van der Waals surface area (Å²) in [5.41, 5.74) is 4.07. The smallest absolute Gasteiger partial charge is 0.410 e. The lowest BCUT2D eigenvalue weighted by molar-refractivity contribution is 0.170. The number of fused-ring (bicyclic) bond motifs is 3. The lowest BCUT2D eigenvalue weighted by Crippen LogP contribution is -2.36. The average molecular weight is 415 g/mol. The topological polar surface area (TPSA) is 32.8 Å². The van der Waals surface area contributed by atoms with E-state index < -0.39 is 0 Å². The Morgan fingerprint density at radius 1 is 1.10 bits per heavy atom. The second-order valence-corrected chi connectivity index (χ2v) is 8.21. The minimum Gasteiger partial charge on any atom is -0.410 e. The van der Waals surface area contributed by atoms with E-state index in [0.717, 1.165) is 25.0 Å². The van der Waals surface area contributed by atoms with E-state index in [1.807, 2.05) is 12.1 Å². The molecule has 0 spiro atoms. The molecule has 0 radical (unpaired) electrons. The van der Waals surface area contributed by atoms with Crippen LogP contribution in [0.15, 0.2) is 48.5 Å². The van der Waals surface area contributed by atoms with Crippen molar-refractivity contribution < 1.29 is 9.53 Å². The SMILES string of the molecule is CN(C)C(=O)Oc1cccc2c1CC[C@H]1[C@@H]2CCN1CCCc1ccccc1.Cl. The second-order valence-electron chi connectivity index (χ2n) is 8.21. The van der Waals surface area contributed by atoms with E-state index in [1.54, 1.807) is 14.1 Å². The maximum Gasteiger partial charge on any atom is 0.414 e. The van der Waals surface area contributed by atoms with E-state index in [0.29, 0.717) is 12.0 Å². The van der Waals surface area contributed by atoms with Gasteiger partial charge in [0, 0.05) is 26.1 Å². The maximum atomic E-state index is 12.0. The van der Waals surface area contributed by atoms with Gasteiger partial charge in [0.05, 0.1) is 0 Å². The Balaban J connectivity index is 0.00000240. The number of ether oxygens (including phenoxy) is 1. The normalized spacial score (nSPS) is 20.3. The summed E-state index contributed by atoms with van der Waals surface area (Å²) in [6.45, 7) is 2.34. The number of carbonyl (C=O) groups excluding carboxylic acids is 1. The number of aryl methyl sites for hydroxylation is 1. The second kappa shape index (κ2) is 9.64. The summed E-state index contributed by atoms with van der Waals surface area (Å²) >= 11 is 0. The van der Waals surface area contributed by atoms with Crippen LogP contribution in [0.2, 0.25) is 0 Å². The molecule has 0 aromatic heterocycles. The van der Waals surface area contributed by atoms with Gasteiger partial charge in [-0.3, -0.25) is 4.90 Å². The zero-order valence-corrected chi connectivity index (χ0v) is 18.2. The molecule has 1 aliphatic heterocycles. The zero-order chi connectivity index (χ0) is 19.5. The van der Waals surface area contributed by atoms with Crippen molar-refractivity contribution in [2.75, 3.05) is 27.2 Å². The van der Waals surface area contributed by atoms with Crippen molar-refractivity contribution in [2.24, 2.45) is 0 Å². The largest absolute Gasteiger partial charge is 0.414 e. The summed E-state index contributed by atoms with van der Waals surface area (Å²) in [6.07, 6.45) is 5.40. The molecule has 4 rings (SSSR count).